The van der Waals surface area contributed by atoms with Crippen LogP contribution in [0.4, 0.5) is 5.69 Å². The van der Waals surface area contributed by atoms with Crippen molar-refractivity contribution in [1.82, 2.24) is 9.21 Å². The average molecular weight is 416 g/mol. The molecule has 0 unspecified atom stereocenters. The molecule has 154 valence electrons. The lowest BCUT2D eigenvalue weighted by atomic mass is 10.1. The predicted molar refractivity (Wildman–Crippen MR) is 111 cm³/mol. The number of amides is 2. The normalized spacial score (nSPS) is 14.1. The molecule has 2 aromatic carbocycles. The van der Waals surface area contributed by atoms with E-state index in [0.29, 0.717) is 31.5 Å². The van der Waals surface area contributed by atoms with Crippen LogP contribution in [-0.2, 0) is 32.6 Å². The van der Waals surface area contributed by atoms with Crippen LogP contribution in [-0.4, -0.2) is 50.1 Å². The first-order chi connectivity index (χ1) is 13.8. The Morgan fingerprint density at radius 2 is 1.79 bits per heavy atom. The Hall–Kier alpha value is -2.71. The summed E-state index contributed by atoms with van der Waals surface area (Å²) in [5.41, 5.74) is 2.41. The Labute approximate surface area is 171 Å². The second kappa shape index (κ2) is 8.75. The first-order valence-electron chi connectivity index (χ1n) is 9.44. The number of fused-ring (bicyclic) bond motifs is 1. The zero-order valence-electron chi connectivity index (χ0n) is 16.6. The second-order valence-electron chi connectivity index (χ2n) is 7.22. The minimum atomic E-state index is -3.83. The first-order valence-corrected chi connectivity index (χ1v) is 10.9. The molecule has 1 heterocycles. The molecule has 0 aromatic heterocycles. The summed E-state index contributed by atoms with van der Waals surface area (Å²) in [6, 6.07) is 14.2. The number of carbonyl (C=O) groups excluding carboxylic acids is 2. The lowest BCUT2D eigenvalue weighted by Gasteiger charge is -2.22. The molecule has 0 saturated carbocycles. The van der Waals surface area contributed by atoms with Gasteiger partial charge in [-0.05, 0) is 42.2 Å². The van der Waals surface area contributed by atoms with E-state index >= 15 is 0 Å². The standard InChI is InChI=1S/C21H25N3O4S/c1-23(14-16-7-4-3-5-8-16)21(26)15-24(2)29(27,28)18-11-12-19-17(13-18)9-6-10-20(25)22-19/h3-5,7-8,11-13H,6,9-10,14-15H2,1-2H3,(H,22,25). The molecule has 2 aromatic rings. The van der Waals surface area contributed by atoms with Crippen LogP contribution in [0.2, 0.25) is 0 Å². The summed E-state index contributed by atoms with van der Waals surface area (Å²) in [5.74, 6) is -0.356. The van der Waals surface area contributed by atoms with Gasteiger partial charge in [0.05, 0.1) is 11.4 Å². The lowest BCUT2D eigenvalue weighted by molar-refractivity contribution is -0.130. The molecule has 0 aliphatic carbocycles. The summed E-state index contributed by atoms with van der Waals surface area (Å²) in [4.78, 5) is 25.8. The summed E-state index contributed by atoms with van der Waals surface area (Å²) < 4.78 is 27.0. The molecule has 1 N–H and O–H groups in total. The van der Waals surface area contributed by atoms with Crippen LogP contribution in [0.25, 0.3) is 0 Å². The third-order valence-electron chi connectivity index (χ3n) is 4.96. The van der Waals surface area contributed by atoms with E-state index in [2.05, 4.69) is 5.32 Å². The summed E-state index contributed by atoms with van der Waals surface area (Å²) in [5, 5.41) is 2.79. The third kappa shape index (κ3) is 5.02. The number of benzene rings is 2. The maximum atomic E-state index is 13.0. The number of anilines is 1. The molecule has 8 heteroatoms. The highest BCUT2D eigenvalue weighted by molar-refractivity contribution is 7.89. The fourth-order valence-electron chi connectivity index (χ4n) is 3.23. The fourth-order valence-corrected chi connectivity index (χ4v) is 4.40. The van der Waals surface area contributed by atoms with Crippen LogP contribution in [0.5, 0.6) is 0 Å². The van der Waals surface area contributed by atoms with Crippen molar-refractivity contribution in [2.24, 2.45) is 0 Å². The van der Waals surface area contributed by atoms with Crippen molar-refractivity contribution in [2.75, 3.05) is 26.0 Å². The van der Waals surface area contributed by atoms with Crippen molar-refractivity contribution in [3.05, 3.63) is 59.7 Å². The van der Waals surface area contributed by atoms with E-state index in [4.69, 9.17) is 0 Å². The van der Waals surface area contributed by atoms with Gasteiger partial charge in [-0.25, -0.2) is 8.42 Å². The number of nitrogens with zero attached hydrogens (tertiary/aromatic N) is 2. The molecule has 2 amide bonds. The van der Waals surface area contributed by atoms with E-state index in [1.807, 2.05) is 30.3 Å². The minimum absolute atomic E-state index is 0.0662. The summed E-state index contributed by atoms with van der Waals surface area (Å²) in [6.45, 7) is 0.158. The topological polar surface area (TPSA) is 86.8 Å². The van der Waals surface area contributed by atoms with Crippen molar-refractivity contribution in [3.8, 4) is 0 Å². The molecule has 0 bridgehead atoms. The highest BCUT2D eigenvalue weighted by Gasteiger charge is 2.26. The van der Waals surface area contributed by atoms with E-state index in [0.717, 1.165) is 15.4 Å². The van der Waals surface area contributed by atoms with Crippen LogP contribution in [0.1, 0.15) is 24.0 Å². The van der Waals surface area contributed by atoms with Crippen LogP contribution in [0.15, 0.2) is 53.4 Å². The molecule has 0 saturated heterocycles. The highest BCUT2D eigenvalue weighted by Crippen LogP contribution is 2.26. The van der Waals surface area contributed by atoms with Gasteiger partial charge in [-0.2, -0.15) is 4.31 Å². The van der Waals surface area contributed by atoms with E-state index in [1.54, 1.807) is 19.2 Å². The molecule has 1 aliphatic rings. The molecule has 0 radical (unpaired) electrons. The molecule has 0 fully saturated rings. The number of sulfonamides is 1. The molecule has 29 heavy (non-hydrogen) atoms. The van der Waals surface area contributed by atoms with Gasteiger partial charge < -0.3 is 10.2 Å². The van der Waals surface area contributed by atoms with Crippen molar-refractivity contribution in [3.63, 3.8) is 0 Å². The first kappa shape index (κ1) is 21.0. The number of nitrogens with one attached hydrogen (secondary N) is 1. The molecule has 1 aliphatic heterocycles. The van der Waals surface area contributed by atoms with E-state index in [-0.39, 0.29) is 23.3 Å². The zero-order chi connectivity index (χ0) is 21.0. The Morgan fingerprint density at radius 3 is 2.52 bits per heavy atom. The van der Waals surface area contributed by atoms with Gasteiger partial charge in [0.1, 0.15) is 0 Å². The number of hydrogen-bond donors (Lipinski definition) is 1. The number of carbonyl (C=O) groups is 2. The quantitative estimate of drug-likeness (QED) is 0.784. The van der Waals surface area contributed by atoms with E-state index in [1.165, 1.54) is 18.0 Å². The van der Waals surface area contributed by atoms with Gasteiger partial charge >= 0.3 is 0 Å². The third-order valence-corrected chi connectivity index (χ3v) is 6.75. The van der Waals surface area contributed by atoms with E-state index in [9.17, 15) is 18.0 Å². The van der Waals surface area contributed by atoms with E-state index < -0.39 is 10.0 Å². The Balaban J connectivity index is 1.71. The summed E-state index contributed by atoms with van der Waals surface area (Å²) >= 11 is 0. The minimum Gasteiger partial charge on any atom is -0.340 e. The SMILES string of the molecule is CN(Cc1ccccc1)C(=O)CN(C)S(=O)(=O)c1ccc2c(c1)CCCC(=O)N2. The number of rotatable bonds is 6. The van der Waals surface area contributed by atoms with Gasteiger partial charge in [0.2, 0.25) is 21.8 Å². The van der Waals surface area contributed by atoms with Crippen molar-refractivity contribution < 1.29 is 18.0 Å². The number of aryl methyl sites for hydroxylation is 1. The maximum Gasteiger partial charge on any atom is 0.243 e. The lowest BCUT2D eigenvalue weighted by Crippen LogP contribution is -2.39. The molecule has 0 spiro atoms. The number of likely N-dealkylation sites (N-methyl/N-ethyl adjacent to an activating group) is 2. The Kier molecular flexibility index (Phi) is 6.34. The predicted octanol–water partition coefficient (Wildman–Crippen LogP) is 2.24. The second-order valence-corrected chi connectivity index (χ2v) is 9.26. The van der Waals surface area contributed by atoms with Crippen molar-refractivity contribution in [1.29, 1.82) is 0 Å². The van der Waals surface area contributed by atoms with Gasteiger partial charge in [0, 0.05) is 32.7 Å². The Morgan fingerprint density at radius 1 is 1.07 bits per heavy atom. The summed E-state index contributed by atoms with van der Waals surface area (Å²) in [6.07, 6.45) is 1.71. The zero-order valence-corrected chi connectivity index (χ0v) is 17.4. The smallest absolute Gasteiger partial charge is 0.243 e. The van der Waals surface area contributed by atoms with Crippen LogP contribution >= 0.6 is 0 Å². The van der Waals surface area contributed by atoms with Crippen molar-refractivity contribution in [2.45, 2.75) is 30.7 Å². The van der Waals surface area contributed by atoms with Crippen LogP contribution in [0, 0.1) is 0 Å². The Bertz CT molecular complexity index is 1010. The van der Waals surface area contributed by atoms with Gasteiger partial charge in [-0.15, -0.1) is 0 Å². The van der Waals surface area contributed by atoms with Crippen LogP contribution in [0.3, 0.4) is 0 Å². The van der Waals surface area contributed by atoms with Gasteiger partial charge in [-0.3, -0.25) is 9.59 Å². The average Bonchev–Trinajstić information content (AvgIpc) is 2.88. The van der Waals surface area contributed by atoms with Crippen molar-refractivity contribution >= 4 is 27.5 Å². The molecule has 0 atom stereocenters. The largest absolute Gasteiger partial charge is 0.340 e. The van der Waals surface area contributed by atoms with Crippen LogP contribution < -0.4 is 5.32 Å². The monoisotopic (exact) mass is 415 g/mol. The van der Waals surface area contributed by atoms with Gasteiger partial charge in [0.15, 0.2) is 0 Å². The molecule has 3 rings (SSSR count). The summed E-state index contributed by atoms with van der Waals surface area (Å²) in [7, 11) is -0.773. The maximum absolute atomic E-state index is 13.0. The number of hydrogen-bond acceptors (Lipinski definition) is 4. The van der Waals surface area contributed by atoms with Gasteiger partial charge in [0.25, 0.3) is 0 Å². The molecule has 7 nitrogen and oxygen atoms in total. The molecular formula is C21H25N3O4S. The molecular weight excluding hydrogens is 390 g/mol. The van der Waals surface area contributed by atoms with Gasteiger partial charge in [-0.1, -0.05) is 30.3 Å². The highest BCUT2D eigenvalue weighted by atomic mass is 32.2. The fraction of sp³-hybridized carbons (Fsp3) is 0.333.